The van der Waals surface area contributed by atoms with Crippen LogP contribution in [-0.4, -0.2) is 23.7 Å². The number of carbonyl (C=O) groups is 1. The van der Waals surface area contributed by atoms with Crippen molar-refractivity contribution in [3.63, 3.8) is 0 Å². The Morgan fingerprint density at radius 2 is 1.95 bits per heavy atom. The van der Waals surface area contributed by atoms with E-state index in [1.807, 2.05) is 0 Å². The molecule has 19 heavy (non-hydrogen) atoms. The number of non-ortho nitro benzene ring substituents is 1. The van der Waals surface area contributed by atoms with Gasteiger partial charge >= 0.3 is 6.09 Å². The van der Waals surface area contributed by atoms with Gasteiger partial charge in [0.1, 0.15) is 5.60 Å². The molecular weight excluding hydrogens is 248 g/mol. The summed E-state index contributed by atoms with van der Waals surface area (Å²) in [6.45, 7) is 7.07. The first-order valence-corrected chi connectivity index (χ1v) is 5.83. The Kier molecular flexibility index (Phi) is 4.14. The maximum Gasteiger partial charge on any atom is 0.414 e. The summed E-state index contributed by atoms with van der Waals surface area (Å²) in [5.41, 5.74) is 0.554. The molecule has 0 aliphatic carbocycles. The van der Waals surface area contributed by atoms with Gasteiger partial charge in [-0.2, -0.15) is 0 Å². The fraction of sp³-hybridized carbons (Fsp3) is 0.462. The zero-order valence-electron chi connectivity index (χ0n) is 11.8. The molecule has 0 aliphatic heterocycles. The van der Waals surface area contributed by atoms with E-state index in [1.165, 1.54) is 24.1 Å². The first-order chi connectivity index (χ1) is 8.61. The lowest BCUT2D eigenvalue weighted by atomic mass is 10.1. The standard InChI is InChI=1S/C13H18N2O4/c1-9-6-7-10(15(17)18)8-11(9)14(5)12(16)19-13(2,3)4/h6-8H,1-5H3. The van der Waals surface area contributed by atoms with Gasteiger partial charge in [0.05, 0.1) is 10.6 Å². The molecule has 0 aliphatic rings. The van der Waals surface area contributed by atoms with Crippen molar-refractivity contribution in [3.8, 4) is 0 Å². The summed E-state index contributed by atoms with van der Waals surface area (Å²) < 4.78 is 5.23. The highest BCUT2D eigenvalue weighted by Gasteiger charge is 2.22. The summed E-state index contributed by atoms with van der Waals surface area (Å²) in [5, 5.41) is 10.8. The highest BCUT2D eigenvalue weighted by atomic mass is 16.6. The molecule has 0 atom stereocenters. The number of rotatable bonds is 2. The average molecular weight is 266 g/mol. The van der Waals surface area contributed by atoms with Crippen molar-refractivity contribution in [2.75, 3.05) is 11.9 Å². The van der Waals surface area contributed by atoms with E-state index < -0.39 is 16.6 Å². The second-order valence-corrected chi connectivity index (χ2v) is 5.27. The molecule has 1 amide bonds. The van der Waals surface area contributed by atoms with Gasteiger partial charge < -0.3 is 4.74 Å². The lowest BCUT2D eigenvalue weighted by molar-refractivity contribution is -0.384. The molecule has 0 heterocycles. The summed E-state index contributed by atoms with van der Waals surface area (Å²) in [7, 11) is 1.53. The molecule has 6 nitrogen and oxygen atoms in total. The lowest BCUT2D eigenvalue weighted by Gasteiger charge is -2.25. The Hall–Kier alpha value is -2.11. The molecule has 0 aromatic heterocycles. The lowest BCUT2D eigenvalue weighted by Crippen LogP contribution is -2.34. The van der Waals surface area contributed by atoms with Gasteiger partial charge in [0.25, 0.3) is 5.69 Å². The van der Waals surface area contributed by atoms with E-state index in [9.17, 15) is 14.9 Å². The van der Waals surface area contributed by atoms with E-state index in [4.69, 9.17) is 4.74 Å². The Morgan fingerprint density at radius 1 is 1.37 bits per heavy atom. The predicted octanol–water partition coefficient (Wildman–Crippen LogP) is 3.27. The molecule has 1 aromatic carbocycles. The van der Waals surface area contributed by atoms with Crippen molar-refractivity contribution in [1.82, 2.24) is 0 Å². The molecule has 0 unspecified atom stereocenters. The molecule has 0 bridgehead atoms. The third-order valence-electron chi connectivity index (χ3n) is 2.43. The van der Waals surface area contributed by atoms with Gasteiger partial charge in [-0.1, -0.05) is 6.07 Å². The molecule has 6 heteroatoms. The fourth-order valence-electron chi connectivity index (χ4n) is 1.50. The number of anilines is 1. The molecule has 1 aromatic rings. The topological polar surface area (TPSA) is 72.7 Å². The average Bonchev–Trinajstić information content (AvgIpc) is 2.26. The summed E-state index contributed by atoms with van der Waals surface area (Å²) >= 11 is 0. The zero-order chi connectivity index (χ0) is 14.8. The number of benzene rings is 1. The quantitative estimate of drug-likeness (QED) is 0.608. The highest BCUT2D eigenvalue weighted by Crippen LogP contribution is 2.26. The van der Waals surface area contributed by atoms with Gasteiger partial charge in [0.15, 0.2) is 0 Å². The van der Waals surface area contributed by atoms with Crippen LogP contribution in [0, 0.1) is 17.0 Å². The van der Waals surface area contributed by atoms with E-state index in [1.54, 1.807) is 33.8 Å². The third-order valence-corrected chi connectivity index (χ3v) is 2.43. The fourth-order valence-corrected chi connectivity index (χ4v) is 1.50. The van der Waals surface area contributed by atoms with Crippen LogP contribution in [0.4, 0.5) is 16.2 Å². The minimum atomic E-state index is -0.611. The summed E-state index contributed by atoms with van der Waals surface area (Å²) in [5.74, 6) is 0. The third kappa shape index (κ3) is 3.94. The summed E-state index contributed by atoms with van der Waals surface area (Å²) in [6, 6.07) is 4.37. The maximum absolute atomic E-state index is 11.9. The molecule has 104 valence electrons. The Labute approximate surface area is 112 Å². The molecule has 0 spiro atoms. The minimum absolute atomic E-state index is 0.0593. The molecule has 0 saturated carbocycles. The molecule has 0 N–H and O–H groups in total. The Bertz CT molecular complexity index is 506. The molecular formula is C13H18N2O4. The second kappa shape index (κ2) is 5.26. The second-order valence-electron chi connectivity index (χ2n) is 5.27. The summed E-state index contributed by atoms with van der Waals surface area (Å²) in [6.07, 6.45) is -0.545. The van der Waals surface area contributed by atoms with Gasteiger partial charge in [-0.15, -0.1) is 0 Å². The number of nitro benzene ring substituents is 1. The normalized spacial score (nSPS) is 11.0. The number of aryl methyl sites for hydroxylation is 1. The van der Waals surface area contributed by atoms with Crippen LogP contribution in [0.3, 0.4) is 0 Å². The predicted molar refractivity (Wildman–Crippen MR) is 72.5 cm³/mol. The number of hydrogen-bond acceptors (Lipinski definition) is 4. The number of nitro groups is 1. The first-order valence-electron chi connectivity index (χ1n) is 5.83. The van der Waals surface area contributed by atoms with Crippen molar-refractivity contribution >= 4 is 17.5 Å². The largest absolute Gasteiger partial charge is 0.443 e. The van der Waals surface area contributed by atoms with Crippen LogP contribution < -0.4 is 4.90 Å². The molecule has 0 fully saturated rings. The van der Waals surface area contributed by atoms with Gasteiger partial charge in [-0.3, -0.25) is 15.0 Å². The van der Waals surface area contributed by atoms with Crippen LogP contribution in [0.15, 0.2) is 18.2 Å². The van der Waals surface area contributed by atoms with Gasteiger partial charge in [0, 0.05) is 19.2 Å². The minimum Gasteiger partial charge on any atom is -0.443 e. The Balaban J connectivity index is 3.05. The van der Waals surface area contributed by atoms with Gasteiger partial charge in [-0.05, 0) is 33.3 Å². The highest BCUT2D eigenvalue weighted by molar-refractivity contribution is 5.88. The first kappa shape index (κ1) is 14.9. The van der Waals surface area contributed by atoms with Crippen LogP contribution in [0.2, 0.25) is 0 Å². The molecule has 0 radical (unpaired) electrons. The summed E-state index contributed by atoms with van der Waals surface area (Å²) in [4.78, 5) is 23.5. The molecule has 1 rings (SSSR count). The van der Waals surface area contributed by atoms with Crippen LogP contribution in [0.25, 0.3) is 0 Å². The van der Waals surface area contributed by atoms with Crippen LogP contribution in [0.5, 0.6) is 0 Å². The van der Waals surface area contributed by atoms with Crippen molar-refractivity contribution in [2.24, 2.45) is 0 Å². The maximum atomic E-state index is 11.9. The number of ether oxygens (including phenoxy) is 1. The number of carbonyl (C=O) groups excluding carboxylic acids is 1. The van der Waals surface area contributed by atoms with Crippen molar-refractivity contribution in [2.45, 2.75) is 33.3 Å². The van der Waals surface area contributed by atoms with Crippen LogP contribution in [-0.2, 0) is 4.74 Å². The molecule has 0 saturated heterocycles. The SMILES string of the molecule is Cc1ccc([N+](=O)[O-])cc1N(C)C(=O)OC(C)(C)C. The van der Waals surface area contributed by atoms with Gasteiger partial charge in [-0.25, -0.2) is 4.79 Å². The number of hydrogen-bond donors (Lipinski definition) is 0. The zero-order valence-corrected chi connectivity index (χ0v) is 11.8. The van der Waals surface area contributed by atoms with E-state index in [0.29, 0.717) is 5.69 Å². The smallest absolute Gasteiger partial charge is 0.414 e. The van der Waals surface area contributed by atoms with Crippen molar-refractivity contribution < 1.29 is 14.5 Å². The van der Waals surface area contributed by atoms with E-state index in [2.05, 4.69) is 0 Å². The Morgan fingerprint density at radius 3 is 2.42 bits per heavy atom. The van der Waals surface area contributed by atoms with Crippen LogP contribution in [0.1, 0.15) is 26.3 Å². The van der Waals surface area contributed by atoms with E-state index in [0.717, 1.165) is 5.56 Å². The number of nitrogens with zero attached hydrogens (tertiary/aromatic N) is 2. The van der Waals surface area contributed by atoms with Crippen molar-refractivity contribution in [1.29, 1.82) is 0 Å². The van der Waals surface area contributed by atoms with Gasteiger partial charge in [0.2, 0.25) is 0 Å². The number of amides is 1. The van der Waals surface area contributed by atoms with Crippen LogP contribution >= 0.6 is 0 Å². The monoisotopic (exact) mass is 266 g/mol. The van der Waals surface area contributed by atoms with E-state index in [-0.39, 0.29) is 5.69 Å². The van der Waals surface area contributed by atoms with Crippen molar-refractivity contribution in [3.05, 3.63) is 33.9 Å². The van der Waals surface area contributed by atoms with E-state index >= 15 is 0 Å².